The summed E-state index contributed by atoms with van der Waals surface area (Å²) in [6.07, 6.45) is 0. The molecule has 0 amide bonds. The number of methoxy groups -OCH3 is 1. The fourth-order valence-electron chi connectivity index (χ4n) is 1.60. The van der Waals surface area contributed by atoms with Crippen molar-refractivity contribution in [1.29, 1.82) is 0 Å². The topological polar surface area (TPSA) is 51.2 Å². The fraction of sp³-hybridized carbons (Fsp3) is 0.545. The van der Waals surface area contributed by atoms with Crippen molar-refractivity contribution in [3.05, 3.63) is 23.9 Å². The lowest BCUT2D eigenvalue weighted by molar-refractivity contribution is 0.382. The molecule has 1 aromatic rings. The quantitative estimate of drug-likeness (QED) is 0.817. The van der Waals surface area contributed by atoms with Crippen molar-refractivity contribution in [2.75, 3.05) is 26.0 Å². The van der Waals surface area contributed by atoms with Crippen LogP contribution < -0.4 is 10.1 Å². The highest BCUT2D eigenvalue weighted by atomic mass is 32.2. The molecule has 4 nitrogen and oxygen atoms in total. The van der Waals surface area contributed by atoms with E-state index in [4.69, 9.17) is 4.74 Å². The van der Waals surface area contributed by atoms with Crippen molar-refractivity contribution in [2.24, 2.45) is 5.92 Å². The summed E-state index contributed by atoms with van der Waals surface area (Å²) in [5, 5.41) is 3.18. The minimum Gasteiger partial charge on any atom is -0.481 e. The third-order valence-electron chi connectivity index (χ3n) is 2.59. The first-order valence-corrected chi connectivity index (χ1v) is 6.82. The molecule has 2 rings (SSSR count). The predicted octanol–water partition coefficient (Wildman–Crippen LogP) is 0.558. The molecule has 1 aliphatic rings. The van der Waals surface area contributed by atoms with Gasteiger partial charge in [0.2, 0.25) is 5.88 Å². The van der Waals surface area contributed by atoms with Gasteiger partial charge in [-0.25, -0.2) is 4.98 Å². The number of pyridine rings is 1. The van der Waals surface area contributed by atoms with Gasteiger partial charge < -0.3 is 10.1 Å². The Kier molecular flexibility index (Phi) is 3.90. The van der Waals surface area contributed by atoms with Crippen molar-refractivity contribution >= 4 is 10.8 Å². The molecule has 2 heterocycles. The van der Waals surface area contributed by atoms with E-state index in [1.807, 2.05) is 12.1 Å². The Balaban J connectivity index is 1.89. The van der Waals surface area contributed by atoms with Crippen LogP contribution in [0.2, 0.25) is 0 Å². The minimum absolute atomic E-state index is 0.522. The van der Waals surface area contributed by atoms with Crippen LogP contribution in [0, 0.1) is 5.92 Å². The summed E-state index contributed by atoms with van der Waals surface area (Å²) < 4.78 is 16.8. The molecule has 1 unspecified atom stereocenters. The molecule has 1 aromatic heterocycles. The van der Waals surface area contributed by atoms with Crippen molar-refractivity contribution < 1.29 is 8.95 Å². The maximum atomic E-state index is 11.8. The van der Waals surface area contributed by atoms with Gasteiger partial charge in [-0.1, -0.05) is 6.07 Å². The van der Waals surface area contributed by atoms with E-state index in [2.05, 4.69) is 10.3 Å². The number of ether oxygens (including phenoxy) is 1. The van der Waals surface area contributed by atoms with Gasteiger partial charge in [-0.15, -0.1) is 0 Å². The highest BCUT2D eigenvalue weighted by Gasteiger charge is 2.19. The van der Waals surface area contributed by atoms with Crippen LogP contribution in [0.15, 0.2) is 18.2 Å². The SMILES string of the molecule is COc1cccc(CS(=O)CC2CNC2)n1. The first kappa shape index (κ1) is 11.5. The van der Waals surface area contributed by atoms with Gasteiger partial charge in [-0.3, -0.25) is 4.21 Å². The summed E-state index contributed by atoms with van der Waals surface area (Å²) in [5.41, 5.74) is 0.838. The molecule has 16 heavy (non-hydrogen) atoms. The van der Waals surface area contributed by atoms with Crippen LogP contribution in [0.25, 0.3) is 0 Å². The average Bonchev–Trinajstić information content (AvgIpc) is 2.24. The first-order chi connectivity index (χ1) is 7.78. The van der Waals surface area contributed by atoms with E-state index in [-0.39, 0.29) is 0 Å². The first-order valence-electron chi connectivity index (χ1n) is 5.33. The van der Waals surface area contributed by atoms with Crippen molar-refractivity contribution in [3.63, 3.8) is 0 Å². The monoisotopic (exact) mass is 240 g/mol. The maximum Gasteiger partial charge on any atom is 0.213 e. The van der Waals surface area contributed by atoms with E-state index in [0.717, 1.165) is 24.5 Å². The Morgan fingerprint density at radius 2 is 2.38 bits per heavy atom. The van der Waals surface area contributed by atoms with Crippen molar-refractivity contribution in [2.45, 2.75) is 5.75 Å². The molecule has 0 aromatic carbocycles. The van der Waals surface area contributed by atoms with E-state index in [9.17, 15) is 4.21 Å². The molecule has 0 radical (unpaired) electrons. The molecule has 0 bridgehead atoms. The molecule has 88 valence electrons. The molecule has 1 fully saturated rings. The summed E-state index contributed by atoms with van der Waals surface area (Å²) >= 11 is 0. The standard InChI is InChI=1S/C11H16N2O2S/c1-15-11-4-2-3-10(13-11)8-16(14)7-9-5-12-6-9/h2-4,9,12H,5-8H2,1H3. The molecule has 1 saturated heterocycles. The van der Waals surface area contributed by atoms with Gasteiger partial charge in [0.25, 0.3) is 0 Å². The van der Waals surface area contributed by atoms with Crippen molar-refractivity contribution in [3.8, 4) is 5.88 Å². The number of hydrogen-bond acceptors (Lipinski definition) is 4. The second-order valence-electron chi connectivity index (χ2n) is 3.95. The number of rotatable bonds is 5. The fourth-order valence-corrected chi connectivity index (χ4v) is 2.97. The normalized spacial score (nSPS) is 17.8. The average molecular weight is 240 g/mol. The third-order valence-corrected chi connectivity index (χ3v) is 4.05. The Morgan fingerprint density at radius 1 is 1.56 bits per heavy atom. The second kappa shape index (κ2) is 5.41. The predicted molar refractivity (Wildman–Crippen MR) is 63.9 cm³/mol. The number of aromatic nitrogens is 1. The van der Waals surface area contributed by atoms with Gasteiger partial charge in [0.1, 0.15) is 0 Å². The van der Waals surface area contributed by atoms with Crippen LogP contribution in [0.4, 0.5) is 0 Å². The summed E-state index contributed by atoms with van der Waals surface area (Å²) in [4.78, 5) is 4.25. The molecule has 0 saturated carbocycles. The highest BCUT2D eigenvalue weighted by molar-refractivity contribution is 7.84. The number of hydrogen-bond donors (Lipinski definition) is 1. The Bertz CT molecular complexity index is 380. The van der Waals surface area contributed by atoms with Gasteiger partial charge in [0, 0.05) is 35.7 Å². The zero-order valence-electron chi connectivity index (χ0n) is 9.31. The summed E-state index contributed by atoms with van der Waals surface area (Å²) in [7, 11) is 0.768. The van der Waals surface area contributed by atoms with E-state index in [1.165, 1.54) is 0 Å². The van der Waals surface area contributed by atoms with E-state index in [0.29, 0.717) is 17.6 Å². The molecule has 0 spiro atoms. The summed E-state index contributed by atoms with van der Waals surface area (Å²) in [5.74, 6) is 2.45. The summed E-state index contributed by atoms with van der Waals surface area (Å²) in [6, 6.07) is 5.56. The molecule has 1 aliphatic heterocycles. The minimum atomic E-state index is -0.818. The van der Waals surface area contributed by atoms with Gasteiger partial charge in [-0.05, 0) is 12.0 Å². The van der Waals surface area contributed by atoms with Crippen LogP contribution in [-0.4, -0.2) is 35.1 Å². The Labute approximate surface area is 97.9 Å². The van der Waals surface area contributed by atoms with Crippen molar-refractivity contribution in [1.82, 2.24) is 10.3 Å². The molecular formula is C11H16N2O2S. The molecular weight excluding hydrogens is 224 g/mol. The number of nitrogens with one attached hydrogen (secondary N) is 1. The molecule has 0 aliphatic carbocycles. The number of nitrogens with zero attached hydrogens (tertiary/aromatic N) is 1. The van der Waals surface area contributed by atoms with Crippen LogP contribution >= 0.6 is 0 Å². The lowest BCUT2D eigenvalue weighted by Gasteiger charge is -2.26. The Morgan fingerprint density at radius 3 is 3.00 bits per heavy atom. The Hall–Kier alpha value is -0.940. The largest absolute Gasteiger partial charge is 0.481 e. The zero-order chi connectivity index (χ0) is 11.4. The molecule has 1 atom stereocenters. The van der Waals surface area contributed by atoms with Crippen LogP contribution in [0.1, 0.15) is 5.69 Å². The van der Waals surface area contributed by atoms with Crippen LogP contribution in [0.3, 0.4) is 0 Å². The second-order valence-corrected chi connectivity index (χ2v) is 5.45. The lowest BCUT2D eigenvalue weighted by Crippen LogP contribution is -2.44. The van der Waals surface area contributed by atoms with E-state index < -0.39 is 10.8 Å². The summed E-state index contributed by atoms with van der Waals surface area (Å²) in [6.45, 7) is 1.99. The molecule has 5 heteroatoms. The van der Waals surface area contributed by atoms with Crippen LogP contribution in [-0.2, 0) is 16.6 Å². The zero-order valence-corrected chi connectivity index (χ0v) is 10.1. The van der Waals surface area contributed by atoms with E-state index >= 15 is 0 Å². The van der Waals surface area contributed by atoms with Gasteiger partial charge in [0.05, 0.1) is 18.6 Å². The third kappa shape index (κ3) is 3.02. The van der Waals surface area contributed by atoms with Crippen LogP contribution in [0.5, 0.6) is 5.88 Å². The molecule has 1 N–H and O–H groups in total. The highest BCUT2D eigenvalue weighted by Crippen LogP contribution is 2.11. The van der Waals surface area contributed by atoms with E-state index in [1.54, 1.807) is 13.2 Å². The lowest BCUT2D eigenvalue weighted by atomic mass is 10.1. The van der Waals surface area contributed by atoms with Gasteiger partial charge in [0.15, 0.2) is 0 Å². The maximum absolute atomic E-state index is 11.8. The van der Waals surface area contributed by atoms with Gasteiger partial charge in [-0.2, -0.15) is 0 Å². The smallest absolute Gasteiger partial charge is 0.213 e. The van der Waals surface area contributed by atoms with Gasteiger partial charge >= 0.3 is 0 Å².